The Morgan fingerprint density at radius 1 is 1.24 bits per heavy atom. The summed E-state index contributed by atoms with van der Waals surface area (Å²) in [6, 6.07) is 12.9. The van der Waals surface area contributed by atoms with Gasteiger partial charge in [-0.2, -0.15) is 10.4 Å². The molecule has 0 unspecified atom stereocenters. The predicted octanol–water partition coefficient (Wildman–Crippen LogP) is 2.83. The van der Waals surface area contributed by atoms with Crippen LogP contribution in [0.1, 0.15) is 16.1 Å². The minimum atomic E-state index is -0.485. The second-order valence-electron chi connectivity index (χ2n) is 4.38. The van der Waals surface area contributed by atoms with E-state index in [0.29, 0.717) is 16.6 Å². The number of carbonyl (C=O) groups excluding carboxylic acids is 1. The highest BCUT2D eigenvalue weighted by Crippen LogP contribution is 2.19. The minimum Gasteiger partial charge on any atom is -0.321 e. The lowest BCUT2D eigenvalue weighted by Crippen LogP contribution is -2.12. The first-order chi connectivity index (χ1) is 10.2. The number of aromatic amines is 1. The van der Waals surface area contributed by atoms with Gasteiger partial charge in [-0.15, -0.1) is 0 Å². The Morgan fingerprint density at radius 3 is 2.71 bits per heavy atom. The molecule has 2 aromatic carbocycles. The molecular formula is C15H9FN4O. The first-order valence-corrected chi connectivity index (χ1v) is 6.13. The normalized spacial score (nSPS) is 10.3. The van der Waals surface area contributed by atoms with Crippen molar-refractivity contribution >= 4 is 22.5 Å². The fourth-order valence-corrected chi connectivity index (χ4v) is 2.00. The third-order valence-electron chi connectivity index (χ3n) is 3.03. The van der Waals surface area contributed by atoms with E-state index in [0.717, 1.165) is 0 Å². The smallest absolute Gasteiger partial charge is 0.274 e. The van der Waals surface area contributed by atoms with Crippen molar-refractivity contribution in [3.63, 3.8) is 0 Å². The highest BCUT2D eigenvalue weighted by atomic mass is 19.1. The zero-order valence-corrected chi connectivity index (χ0v) is 10.7. The quantitative estimate of drug-likeness (QED) is 0.757. The van der Waals surface area contributed by atoms with Crippen LogP contribution < -0.4 is 5.32 Å². The Balaban J connectivity index is 1.90. The van der Waals surface area contributed by atoms with Gasteiger partial charge in [0.2, 0.25) is 0 Å². The minimum absolute atomic E-state index is 0.127. The number of rotatable bonds is 2. The SMILES string of the molecule is N#Cc1ccc(NC(=O)c2[nH]nc3c(F)cccc23)cc1. The first-order valence-electron chi connectivity index (χ1n) is 6.13. The van der Waals surface area contributed by atoms with Crippen LogP contribution in [0.3, 0.4) is 0 Å². The van der Waals surface area contributed by atoms with Gasteiger partial charge in [-0.25, -0.2) is 4.39 Å². The largest absolute Gasteiger partial charge is 0.321 e. The molecule has 3 aromatic rings. The van der Waals surface area contributed by atoms with Crippen LogP contribution in [0.5, 0.6) is 0 Å². The van der Waals surface area contributed by atoms with Gasteiger partial charge in [-0.1, -0.05) is 12.1 Å². The van der Waals surface area contributed by atoms with E-state index in [4.69, 9.17) is 5.26 Å². The van der Waals surface area contributed by atoms with Crippen molar-refractivity contribution in [1.29, 1.82) is 5.26 Å². The number of halogens is 1. The Kier molecular flexibility index (Phi) is 3.09. The van der Waals surface area contributed by atoms with Crippen molar-refractivity contribution in [2.75, 3.05) is 5.32 Å². The summed E-state index contributed by atoms with van der Waals surface area (Å²) >= 11 is 0. The van der Waals surface area contributed by atoms with Crippen molar-refractivity contribution in [1.82, 2.24) is 10.2 Å². The molecule has 1 heterocycles. The zero-order chi connectivity index (χ0) is 14.8. The molecule has 3 rings (SSSR count). The maximum Gasteiger partial charge on any atom is 0.274 e. The van der Waals surface area contributed by atoms with E-state index in [2.05, 4.69) is 15.5 Å². The topological polar surface area (TPSA) is 81.6 Å². The van der Waals surface area contributed by atoms with Crippen molar-refractivity contribution in [3.8, 4) is 6.07 Å². The van der Waals surface area contributed by atoms with Gasteiger partial charge in [-0.05, 0) is 30.3 Å². The van der Waals surface area contributed by atoms with Crippen LogP contribution in [0, 0.1) is 17.1 Å². The molecule has 0 saturated heterocycles. The molecule has 0 bridgehead atoms. The molecule has 2 N–H and O–H groups in total. The Morgan fingerprint density at radius 2 is 2.00 bits per heavy atom. The number of anilines is 1. The molecule has 0 atom stereocenters. The summed E-state index contributed by atoms with van der Waals surface area (Å²) in [5.74, 6) is -0.908. The Hall–Kier alpha value is -3.20. The van der Waals surface area contributed by atoms with Gasteiger partial charge in [0.25, 0.3) is 5.91 Å². The van der Waals surface area contributed by atoms with Crippen LogP contribution in [-0.2, 0) is 0 Å². The summed E-state index contributed by atoms with van der Waals surface area (Å²) in [4.78, 5) is 12.2. The standard InChI is InChI=1S/C15H9FN4O/c16-12-3-1-2-11-13(12)19-20-14(11)15(21)18-10-6-4-9(8-17)5-7-10/h1-7H,(H,18,21)(H,19,20). The van der Waals surface area contributed by atoms with E-state index in [9.17, 15) is 9.18 Å². The van der Waals surface area contributed by atoms with Gasteiger partial charge in [-0.3, -0.25) is 9.89 Å². The fraction of sp³-hybridized carbons (Fsp3) is 0. The summed E-state index contributed by atoms with van der Waals surface area (Å²) in [5.41, 5.74) is 1.36. The van der Waals surface area contributed by atoms with Crippen LogP contribution in [0.25, 0.3) is 10.9 Å². The van der Waals surface area contributed by atoms with E-state index in [1.807, 2.05) is 6.07 Å². The van der Waals surface area contributed by atoms with Gasteiger partial charge in [0.05, 0.1) is 11.6 Å². The average Bonchev–Trinajstić information content (AvgIpc) is 2.93. The first kappa shape index (κ1) is 12.8. The predicted molar refractivity (Wildman–Crippen MR) is 75.2 cm³/mol. The maximum atomic E-state index is 13.5. The van der Waals surface area contributed by atoms with E-state index < -0.39 is 11.7 Å². The van der Waals surface area contributed by atoms with Gasteiger partial charge in [0.15, 0.2) is 5.82 Å². The number of aromatic nitrogens is 2. The van der Waals surface area contributed by atoms with Crippen molar-refractivity contribution in [2.45, 2.75) is 0 Å². The van der Waals surface area contributed by atoms with Gasteiger partial charge >= 0.3 is 0 Å². The zero-order valence-electron chi connectivity index (χ0n) is 10.7. The maximum absolute atomic E-state index is 13.5. The average molecular weight is 280 g/mol. The number of hydrogen-bond donors (Lipinski definition) is 2. The lowest BCUT2D eigenvalue weighted by Gasteiger charge is -2.03. The summed E-state index contributed by atoms with van der Waals surface area (Å²) in [7, 11) is 0. The summed E-state index contributed by atoms with van der Waals surface area (Å²) in [6.07, 6.45) is 0. The summed E-state index contributed by atoms with van der Waals surface area (Å²) < 4.78 is 13.5. The van der Waals surface area contributed by atoms with E-state index in [1.54, 1.807) is 30.3 Å². The van der Waals surface area contributed by atoms with Crippen LogP contribution in [0.4, 0.5) is 10.1 Å². The monoisotopic (exact) mass is 280 g/mol. The van der Waals surface area contributed by atoms with Crippen molar-refractivity contribution in [2.24, 2.45) is 0 Å². The number of H-pyrrole nitrogens is 1. The highest BCUT2D eigenvalue weighted by Gasteiger charge is 2.15. The van der Waals surface area contributed by atoms with E-state index >= 15 is 0 Å². The van der Waals surface area contributed by atoms with Crippen molar-refractivity contribution < 1.29 is 9.18 Å². The molecule has 0 aliphatic rings. The molecule has 6 heteroatoms. The number of carbonyl (C=O) groups is 1. The third kappa shape index (κ3) is 2.32. The molecule has 21 heavy (non-hydrogen) atoms. The molecule has 0 saturated carbocycles. The molecule has 1 amide bonds. The van der Waals surface area contributed by atoms with E-state index in [1.165, 1.54) is 12.1 Å². The Bertz CT molecular complexity index is 862. The van der Waals surface area contributed by atoms with Crippen molar-refractivity contribution in [3.05, 3.63) is 59.5 Å². The number of nitriles is 1. The summed E-state index contributed by atoms with van der Waals surface area (Å²) in [6.45, 7) is 0. The lowest BCUT2D eigenvalue weighted by molar-refractivity contribution is 0.102. The molecule has 5 nitrogen and oxygen atoms in total. The highest BCUT2D eigenvalue weighted by molar-refractivity contribution is 6.11. The molecule has 0 radical (unpaired) electrons. The van der Waals surface area contributed by atoms with Crippen LogP contribution in [0.2, 0.25) is 0 Å². The third-order valence-corrected chi connectivity index (χ3v) is 3.03. The number of nitrogens with one attached hydrogen (secondary N) is 2. The molecule has 0 fully saturated rings. The number of nitrogens with zero attached hydrogens (tertiary/aromatic N) is 2. The molecule has 0 aliphatic carbocycles. The van der Waals surface area contributed by atoms with E-state index in [-0.39, 0.29) is 11.2 Å². The molecule has 0 spiro atoms. The van der Waals surface area contributed by atoms with Crippen LogP contribution >= 0.6 is 0 Å². The van der Waals surface area contributed by atoms with Gasteiger partial charge < -0.3 is 5.32 Å². The van der Waals surface area contributed by atoms with Crippen LogP contribution in [0.15, 0.2) is 42.5 Å². The fourth-order valence-electron chi connectivity index (χ4n) is 2.00. The van der Waals surface area contributed by atoms with Gasteiger partial charge in [0, 0.05) is 11.1 Å². The molecular weight excluding hydrogens is 271 g/mol. The molecule has 102 valence electrons. The number of para-hydroxylation sites is 1. The number of amides is 1. The second kappa shape index (κ2) is 5.06. The molecule has 1 aromatic heterocycles. The van der Waals surface area contributed by atoms with Gasteiger partial charge in [0.1, 0.15) is 11.2 Å². The lowest BCUT2D eigenvalue weighted by atomic mass is 10.2. The Labute approximate surface area is 119 Å². The summed E-state index contributed by atoms with van der Waals surface area (Å²) in [5, 5.41) is 18.1. The van der Waals surface area contributed by atoms with Crippen LogP contribution in [-0.4, -0.2) is 16.1 Å². The number of hydrogen-bond acceptors (Lipinski definition) is 3. The number of benzene rings is 2. The molecule has 0 aliphatic heterocycles. The second-order valence-corrected chi connectivity index (χ2v) is 4.38. The number of fused-ring (bicyclic) bond motifs is 1.